The van der Waals surface area contributed by atoms with Crippen LogP contribution in [-0.4, -0.2) is 20.9 Å². The summed E-state index contributed by atoms with van der Waals surface area (Å²) < 4.78 is 39.9. The van der Waals surface area contributed by atoms with Crippen molar-refractivity contribution in [2.75, 3.05) is 0 Å². The van der Waals surface area contributed by atoms with Gasteiger partial charge in [-0.2, -0.15) is 23.5 Å². The number of nitrogens with zero attached hydrogens (tertiary/aromatic N) is 5. The molecule has 152 valence electrons. The SMILES string of the molecule is N#Cc1cc(/N=C/c2ccc([N+](=O)[O-])cc2)n(-c2c(Cl)cc(C(F)(F)F)cc2Cl)n1. The second kappa shape index (κ2) is 8.14. The summed E-state index contributed by atoms with van der Waals surface area (Å²) in [5, 5.41) is 23.1. The number of aliphatic imine (C=N–C) groups is 1. The Bertz CT molecular complexity index is 1180. The second-order valence-electron chi connectivity index (χ2n) is 5.80. The molecule has 0 saturated heterocycles. The Morgan fingerprint density at radius 3 is 2.27 bits per heavy atom. The van der Waals surface area contributed by atoms with Gasteiger partial charge < -0.3 is 0 Å². The first-order valence-corrected chi connectivity index (χ1v) is 8.71. The van der Waals surface area contributed by atoms with Crippen LogP contribution >= 0.6 is 23.2 Å². The molecule has 2 aromatic carbocycles. The van der Waals surface area contributed by atoms with E-state index in [1.165, 1.54) is 36.5 Å². The molecule has 0 fully saturated rings. The van der Waals surface area contributed by atoms with Crippen molar-refractivity contribution in [3.05, 3.63) is 79.4 Å². The van der Waals surface area contributed by atoms with Crippen LogP contribution < -0.4 is 0 Å². The van der Waals surface area contributed by atoms with Gasteiger partial charge in [-0.15, -0.1) is 0 Å². The zero-order chi connectivity index (χ0) is 22.1. The molecule has 1 aromatic heterocycles. The normalized spacial score (nSPS) is 11.6. The van der Waals surface area contributed by atoms with Gasteiger partial charge in [0, 0.05) is 24.4 Å². The van der Waals surface area contributed by atoms with Crippen molar-refractivity contribution in [1.82, 2.24) is 9.78 Å². The zero-order valence-corrected chi connectivity index (χ0v) is 16.1. The minimum atomic E-state index is -4.65. The number of nitriles is 1. The number of aromatic nitrogens is 2. The molecular weight excluding hydrogens is 446 g/mol. The number of hydrogen-bond donors (Lipinski definition) is 0. The second-order valence-corrected chi connectivity index (χ2v) is 6.62. The molecule has 0 bridgehead atoms. The van der Waals surface area contributed by atoms with Crippen molar-refractivity contribution < 1.29 is 18.1 Å². The van der Waals surface area contributed by atoms with Gasteiger partial charge >= 0.3 is 6.18 Å². The van der Waals surface area contributed by atoms with Crippen LogP contribution in [0.15, 0.2) is 47.5 Å². The molecule has 1 heterocycles. The van der Waals surface area contributed by atoms with E-state index in [0.29, 0.717) is 17.7 Å². The summed E-state index contributed by atoms with van der Waals surface area (Å²) in [5.74, 6) is 0.0634. The first-order chi connectivity index (χ1) is 14.1. The topological polar surface area (TPSA) is 97.1 Å². The lowest BCUT2D eigenvalue weighted by Crippen LogP contribution is -2.07. The molecule has 0 saturated carbocycles. The molecule has 12 heteroatoms. The zero-order valence-electron chi connectivity index (χ0n) is 14.6. The quantitative estimate of drug-likeness (QED) is 0.286. The molecule has 3 aromatic rings. The summed E-state index contributed by atoms with van der Waals surface area (Å²) in [7, 11) is 0. The van der Waals surface area contributed by atoms with Crippen molar-refractivity contribution in [1.29, 1.82) is 5.26 Å². The van der Waals surface area contributed by atoms with E-state index in [9.17, 15) is 23.3 Å². The van der Waals surface area contributed by atoms with E-state index < -0.39 is 16.7 Å². The van der Waals surface area contributed by atoms with E-state index in [1.807, 2.05) is 0 Å². The lowest BCUT2D eigenvalue weighted by Gasteiger charge is -2.13. The lowest BCUT2D eigenvalue weighted by molar-refractivity contribution is -0.384. The molecule has 0 N–H and O–H groups in total. The molecule has 0 unspecified atom stereocenters. The average Bonchev–Trinajstić information content (AvgIpc) is 3.08. The number of non-ortho nitro benzene ring substituents is 1. The van der Waals surface area contributed by atoms with Gasteiger partial charge in [0.25, 0.3) is 5.69 Å². The lowest BCUT2D eigenvalue weighted by atomic mass is 10.2. The summed E-state index contributed by atoms with van der Waals surface area (Å²) in [6, 6.07) is 9.94. The van der Waals surface area contributed by atoms with Crippen molar-refractivity contribution in [2.45, 2.75) is 6.18 Å². The van der Waals surface area contributed by atoms with Crippen LogP contribution in [0.1, 0.15) is 16.8 Å². The third-order valence-electron chi connectivity index (χ3n) is 3.81. The van der Waals surface area contributed by atoms with E-state index in [2.05, 4.69) is 10.1 Å². The minimum Gasteiger partial charge on any atom is -0.258 e. The summed E-state index contributed by atoms with van der Waals surface area (Å²) in [5.41, 5.74) is -0.796. The Kier molecular flexibility index (Phi) is 5.78. The largest absolute Gasteiger partial charge is 0.416 e. The van der Waals surface area contributed by atoms with Crippen molar-refractivity contribution in [3.8, 4) is 11.8 Å². The van der Waals surface area contributed by atoms with Crippen LogP contribution in [0, 0.1) is 21.4 Å². The summed E-state index contributed by atoms with van der Waals surface area (Å²) in [4.78, 5) is 14.3. The molecule has 0 atom stereocenters. The highest BCUT2D eigenvalue weighted by Gasteiger charge is 2.32. The Morgan fingerprint density at radius 1 is 1.17 bits per heavy atom. The van der Waals surface area contributed by atoms with Crippen LogP contribution in [0.5, 0.6) is 0 Å². The van der Waals surface area contributed by atoms with Gasteiger partial charge in [-0.25, -0.2) is 9.67 Å². The molecule has 0 radical (unpaired) electrons. The first-order valence-electron chi connectivity index (χ1n) is 7.95. The molecule has 3 rings (SSSR count). The monoisotopic (exact) mass is 453 g/mol. The number of halogens is 5. The van der Waals surface area contributed by atoms with Gasteiger partial charge in [-0.05, 0) is 29.8 Å². The predicted octanol–water partition coefficient (Wildman–Crippen LogP) is 5.73. The number of nitro benzene ring substituents is 1. The molecule has 0 aliphatic heterocycles. The fourth-order valence-corrected chi connectivity index (χ4v) is 3.08. The number of alkyl halides is 3. The van der Waals surface area contributed by atoms with E-state index >= 15 is 0 Å². The third kappa shape index (κ3) is 4.42. The molecule has 30 heavy (non-hydrogen) atoms. The smallest absolute Gasteiger partial charge is 0.258 e. The van der Waals surface area contributed by atoms with E-state index in [1.54, 1.807) is 6.07 Å². The van der Waals surface area contributed by atoms with Crippen molar-refractivity contribution in [3.63, 3.8) is 0 Å². The van der Waals surface area contributed by atoms with Gasteiger partial charge in [0.1, 0.15) is 11.8 Å². The predicted molar refractivity (Wildman–Crippen MR) is 104 cm³/mol. The number of hydrogen-bond acceptors (Lipinski definition) is 5. The highest BCUT2D eigenvalue weighted by molar-refractivity contribution is 6.38. The standard InChI is InChI=1S/C18H8Cl2F3N5O2/c19-14-5-11(18(21,22)23)6-15(20)17(14)27-16(7-12(8-24)26-27)25-9-10-1-3-13(4-2-10)28(29)30/h1-7,9H/b25-9+. The molecule has 0 spiro atoms. The molecule has 0 aliphatic rings. The van der Waals surface area contributed by atoms with Crippen LogP contribution in [0.2, 0.25) is 10.0 Å². The highest BCUT2D eigenvalue weighted by atomic mass is 35.5. The average molecular weight is 454 g/mol. The van der Waals surface area contributed by atoms with Crippen LogP contribution in [0.3, 0.4) is 0 Å². The fourth-order valence-electron chi connectivity index (χ4n) is 2.44. The first kappa shape index (κ1) is 21.3. The van der Waals surface area contributed by atoms with Gasteiger partial charge in [0.2, 0.25) is 0 Å². The summed E-state index contributed by atoms with van der Waals surface area (Å²) in [6.07, 6.45) is -3.31. The minimum absolute atomic E-state index is 0.0634. The van der Waals surface area contributed by atoms with Gasteiger partial charge in [0.05, 0.1) is 20.5 Å². The Labute approximate surface area is 176 Å². The maximum atomic E-state index is 13.0. The Morgan fingerprint density at radius 2 is 1.77 bits per heavy atom. The van der Waals surface area contributed by atoms with Crippen LogP contribution in [0.4, 0.5) is 24.7 Å². The third-order valence-corrected chi connectivity index (χ3v) is 4.39. The number of benzene rings is 2. The van der Waals surface area contributed by atoms with E-state index in [0.717, 1.165) is 4.68 Å². The van der Waals surface area contributed by atoms with E-state index in [-0.39, 0.29) is 32.9 Å². The molecule has 0 aliphatic carbocycles. The van der Waals surface area contributed by atoms with Crippen molar-refractivity contribution >= 4 is 40.9 Å². The van der Waals surface area contributed by atoms with Gasteiger partial charge in [0.15, 0.2) is 11.5 Å². The molecular formula is C18H8Cl2F3N5O2. The highest BCUT2D eigenvalue weighted by Crippen LogP contribution is 2.38. The Balaban J connectivity index is 2.05. The number of nitro groups is 1. The van der Waals surface area contributed by atoms with E-state index in [4.69, 9.17) is 28.5 Å². The van der Waals surface area contributed by atoms with Crippen LogP contribution in [0.25, 0.3) is 5.69 Å². The molecule has 7 nitrogen and oxygen atoms in total. The van der Waals surface area contributed by atoms with Crippen molar-refractivity contribution in [2.24, 2.45) is 4.99 Å². The maximum Gasteiger partial charge on any atom is 0.416 e. The van der Waals surface area contributed by atoms with Crippen LogP contribution in [-0.2, 0) is 6.18 Å². The summed E-state index contributed by atoms with van der Waals surface area (Å²) in [6.45, 7) is 0. The molecule has 0 amide bonds. The fraction of sp³-hybridized carbons (Fsp3) is 0.0556. The Hall–Kier alpha value is -3.42. The van der Waals surface area contributed by atoms with Gasteiger partial charge in [-0.1, -0.05) is 23.2 Å². The maximum absolute atomic E-state index is 13.0. The van der Waals surface area contributed by atoms with Gasteiger partial charge in [-0.3, -0.25) is 10.1 Å². The summed E-state index contributed by atoms with van der Waals surface area (Å²) >= 11 is 12.0. The number of rotatable bonds is 4.